The van der Waals surface area contributed by atoms with Gasteiger partial charge in [-0.25, -0.2) is 9.18 Å². The second kappa shape index (κ2) is 12.1. The number of hydrogen-bond acceptors (Lipinski definition) is 5. The summed E-state index contributed by atoms with van der Waals surface area (Å²) in [6.45, 7) is 1.97. The number of ether oxygens (including phenoxy) is 2. The van der Waals surface area contributed by atoms with Gasteiger partial charge in [0.2, 0.25) is 11.8 Å². The first-order chi connectivity index (χ1) is 19.2. The first-order valence-corrected chi connectivity index (χ1v) is 14.2. The van der Waals surface area contributed by atoms with Crippen molar-refractivity contribution in [1.82, 2.24) is 14.7 Å². The van der Waals surface area contributed by atoms with Crippen molar-refractivity contribution < 1.29 is 28.2 Å². The number of halogens is 2. The molecular formula is C30H35ClFN3O5. The van der Waals surface area contributed by atoms with Crippen molar-refractivity contribution in [1.29, 1.82) is 0 Å². The van der Waals surface area contributed by atoms with Crippen molar-refractivity contribution in [2.45, 2.75) is 43.7 Å². The normalized spacial score (nSPS) is 24.9. The van der Waals surface area contributed by atoms with Gasteiger partial charge in [-0.1, -0.05) is 23.7 Å². The number of likely N-dealkylation sites (tertiary alicyclic amines) is 2. The van der Waals surface area contributed by atoms with Crippen molar-refractivity contribution in [3.63, 3.8) is 0 Å². The number of likely N-dealkylation sites (N-methyl/N-ethyl adjacent to an activating group) is 1. The number of benzene rings is 2. The van der Waals surface area contributed by atoms with Crippen molar-refractivity contribution in [3.8, 4) is 5.75 Å². The SMILES string of the molecule is COC1CC(C(=O)N2CCC(C(=O)N3C[C@@H](N(C)C(=O)Oc4ccc(F)cc4)[C@H](c4ccc(Cl)cc4)C3)CC2)C1. The van der Waals surface area contributed by atoms with E-state index < -0.39 is 11.9 Å². The zero-order valence-corrected chi connectivity index (χ0v) is 23.6. The molecule has 2 aliphatic heterocycles. The van der Waals surface area contributed by atoms with Crippen molar-refractivity contribution >= 4 is 29.5 Å². The maximum atomic E-state index is 13.7. The fourth-order valence-corrected chi connectivity index (χ4v) is 6.16. The lowest BCUT2D eigenvalue weighted by Gasteiger charge is -2.39. The number of piperidine rings is 1. The number of rotatable bonds is 6. The zero-order chi connectivity index (χ0) is 28.4. The van der Waals surface area contributed by atoms with E-state index in [4.69, 9.17) is 21.1 Å². The maximum Gasteiger partial charge on any atom is 0.415 e. The lowest BCUT2D eigenvalue weighted by atomic mass is 9.80. The molecule has 10 heteroatoms. The van der Waals surface area contributed by atoms with Gasteiger partial charge in [0.25, 0.3) is 0 Å². The van der Waals surface area contributed by atoms with E-state index in [9.17, 15) is 18.8 Å². The molecule has 2 heterocycles. The third kappa shape index (κ3) is 6.10. The number of carbonyl (C=O) groups excluding carboxylic acids is 3. The van der Waals surface area contributed by atoms with E-state index in [-0.39, 0.29) is 47.5 Å². The lowest BCUT2D eigenvalue weighted by molar-refractivity contribution is -0.147. The Bertz CT molecular complexity index is 1210. The molecule has 3 fully saturated rings. The van der Waals surface area contributed by atoms with Gasteiger partial charge in [-0.15, -0.1) is 0 Å². The average Bonchev–Trinajstić information content (AvgIpc) is 3.38. The Morgan fingerprint density at radius 1 is 0.900 bits per heavy atom. The van der Waals surface area contributed by atoms with E-state index in [1.807, 2.05) is 21.9 Å². The van der Waals surface area contributed by atoms with Crippen LogP contribution >= 0.6 is 11.6 Å². The van der Waals surface area contributed by atoms with Gasteiger partial charge in [0, 0.05) is 63.1 Å². The number of methoxy groups -OCH3 is 1. The van der Waals surface area contributed by atoms with Crippen LogP contribution in [-0.2, 0) is 14.3 Å². The Balaban J connectivity index is 1.24. The molecule has 0 unspecified atom stereocenters. The fraction of sp³-hybridized carbons (Fsp3) is 0.500. The minimum atomic E-state index is -0.580. The van der Waals surface area contributed by atoms with Crippen LogP contribution in [0.25, 0.3) is 0 Å². The first kappa shape index (κ1) is 28.4. The Labute approximate surface area is 238 Å². The zero-order valence-electron chi connectivity index (χ0n) is 22.8. The summed E-state index contributed by atoms with van der Waals surface area (Å²) in [6.07, 6.45) is 2.39. The van der Waals surface area contributed by atoms with E-state index in [1.54, 1.807) is 26.3 Å². The van der Waals surface area contributed by atoms with E-state index >= 15 is 0 Å². The van der Waals surface area contributed by atoms with Crippen LogP contribution in [-0.4, -0.2) is 85.1 Å². The Morgan fingerprint density at radius 2 is 1.52 bits per heavy atom. The molecule has 3 aliphatic rings. The molecule has 1 saturated carbocycles. The van der Waals surface area contributed by atoms with Crippen LogP contribution < -0.4 is 4.74 Å². The van der Waals surface area contributed by atoms with Crippen LogP contribution in [0.1, 0.15) is 37.2 Å². The maximum absolute atomic E-state index is 13.7. The predicted molar refractivity (Wildman–Crippen MR) is 148 cm³/mol. The fourth-order valence-electron chi connectivity index (χ4n) is 6.03. The second-order valence-electron chi connectivity index (χ2n) is 11.0. The molecule has 0 spiro atoms. The molecule has 40 heavy (non-hydrogen) atoms. The van der Waals surface area contributed by atoms with Gasteiger partial charge in [-0.2, -0.15) is 0 Å². The molecular weight excluding hydrogens is 537 g/mol. The molecule has 1 aliphatic carbocycles. The smallest absolute Gasteiger partial charge is 0.410 e. The van der Waals surface area contributed by atoms with Gasteiger partial charge < -0.3 is 24.2 Å². The molecule has 2 atom stereocenters. The van der Waals surface area contributed by atoms with Gasteiger partial charge in [0.15, 0.2) is 0 Å². The number of hydrogen-bond donors (Lipinski definition) is 0. The summed E-state index contributed by atoms with van der Waals surface area (Å²) >= 11 is 6.12. The third-order valence-corrected chi connectivity index (χ3v) is 8.89. The van der Waals surface area contributed by atoms with Crippen LogP contribution in [0.3, 0.4) is 0 Å². The van der Waals surface area contributed by atoms with E-state index in [0.29, 0.717) is 44.0 Å². The molecule has 5 rings (SSSR count). The summed E-state index contributed by atoms with van der Waals surface area (Å²) in [5, 5.41) is 0.608. The monoisotopic (exact) mass is 571 g/mol. The highest BCUT2D eigenvalue weighted by Gasteiger charge is 2.43. The van der Waals surface area contributed by atoms with Crippen LogP contribution in [0.15, 0.2) is 48.5 Å². The standard InChI is InChI=1S/C30H35ClFN3O5/c1-33(30(38)40-24-9-7-23(32)8-10-24)27-18-35(17-26(27)19-3-5-22(31)6-4-19)28(36)20-11-13-34(14-12-20)29(37)21-15-25(16-21)39-2/h3-10,20-21,25-27H,11-18H2,1-2H3/t21?,25?,26-,27+/m0/s1. The second-order valence-corrected chi connectivity index (χ2v) is 11.5. The minimum Gasteiger partial charge on any atom is -0.410 e. The van der Waals surface area contributed by atoms with Crippen molar-refractivity contribution in [2.24, 2.45) is 11.8 Å². The molecule has 0 radical (unpaired) electrons. The van der Waals surface area contributed by atoms with E-state index in [1.165, 1.54) is 29.2 Å². The first-order valence-electron chi connectivity index (χ1n) is 13.8. The highest BCUT2D eigenvalue weighted by molar-refractivity contribution is 6.30. The highest BCUT2D eigenvalue weighted by Crippen LogP contribution is 2.35. The quantitative estimate of drug-likeness (QED) is 0.508. The average molecular weight is 572 g/mol. The molecule has 0 bridgehead atoms. The molecule has 0 aromatic heterocycles. The molecule has 214 valence electrons. The summed E-state index contributed by atoms with van der Waals surface area (Å²) in [6, 6.07) is 12.4. The number of carbonyl (C=O) groups is 3. The lowest BCUT2D eigenvalue weighted by Crippen LogP contribution is -2.49. The van der Waals surface area contributed by atoms with Crippen LogP contribution in [0, 0.1) is 17.7 Å². The van der Waals surface area contributed by atoms with Gasteiger partial charge >= 0.3 is 6.09 Å². The molecule has 3 amide bonds. The largest absolute Gasteiger partial charge is 0.415 e. The Morgan fingerprint density at radius 3 is 2.15 bits per heavy atom. The highest BCUT2D eigenvalue weighted by atomic mass is 35.5. The van der Waals surface area contributed by atoms with Crippen LogP contribution in [0.5, 0.6) is 5.75 Å². The van der Waals surface area contributed by atoms with Gasteiger partial charge in [0.1, 0.15) is 11.6 Å². The van der Waals surface area contributed by atoms with Gasteiger partial charge in [-0.3, -0.25) is 9.59 Å². The Kier molecular flexibility index (Phi) is 8.61. The Hall–Kier alpha value is -3.17. The summed E-state index contributed by atoms with van der Waals surface area (Å²) in [4.78, 5) is 44.8. The topological polar surface area (TPSA) is 79.4 Å². The summed E-state index contributed by atoms with van der Waals surface area (Å²) in [7, 11) is 3.33. The molecule has 2 aromatic carbocycles. The molecule has 8 nitrogen and oxygen atoms in total. The van der Waals surface area contributed by atoms with Gasteiger partial charge in [0.05, 0.1) is 12.1 Å². The third-order valence-electron chi connectivity index (χ3n) is 8.64. The number of amides is 3. The molecule has 0 N–H and O–H groups in total. The van der Waals surface area contributed by atoms with E-state index in [0.717, 1.165) is 18.4 Å². The molecule has 2 aromatic rings. The summed E-state index contributed by atoms with van der Waals surface area (Å²) in [5.41, 5.74) is 0.974. The van der Waals surface area contributed by atoms with Crippen LogP contribution in [0.2, 0.25) is 5.02 Å². The van der Waals surface area contributed by atoms with E-state index in [2.05, 4.69) is 0 Å². The van der Waals surface area contributed by atoms with Crippen molar-refractivity contribution in [3.05, 3.63) is 64.9 Å². The van der Waals surface area contributed by atoms with Crippen LogP contribution in [0.4, 0.5) is 9.18 Å². The number of nitrogens with zero attached hydrogens (tertiary/aromatic N) is 3. The molecule has 2 saturated heterocycles. The summed E-state index contributed by atoms with van der Waals surface area (Å²) in [5.74, 6) is -0.227. The summed E-state index contributed by atoms with van der Waals surface area (Å²) < 4.78 is 24.1. The van der Waals surface area contributed by atoms with Crippen molar-refractivity contribution in [2.75, 3.05) is 40.3 Å². The van der Waals surface area contributed by atoms with Gasteiger partial charge in [-0.05, 0) is 67.6 Å². The predicted octanol–water partition coefficient (Wildman–Crippen LogP) is 4.57. The minimum absolute atomic E-state index is 0.0295.